The summed E-state index contributed by atoms with van der Waals surface area (Å²) in [6, 6.07) is -0.900. The van der Waals surface area contributed by atoms with Gasteiger partial charge in [-0.05, 0) is 102 Å². The zero-order chi connectivity index (χ0) is 59.3. The zero-order valence-corrected chi connectivity index (χ0v) is 54.6. The number of amides is 1. The van der Waals surface area contributed by atoms with E-state index in [2.05, 4.69) is 99.0 Å². The smallest absolute Gasteiger partial charge is 0.306 e. The maximum absolute atomic E-state index is 13.6. The van der Waals surface area contributed by atoms with E-state index in [9.17, 15) is 19.0 Å². The number of rotatable bonds is 61. The summed E-state index contributed by atoms with van der Waals surface area (Å²) in [5, 5.41) is 3.03. The third-order valence-electron chi connectivity index (χ3n) is 14.8. The maximum atomic E-state index is 13.6. The number of hydrogen-bond acceptors (Lipinski definition) is 7. The lowest BCUT2D eigenvalue weighted by Gasteiger charge is -2.30. The van der Waals surface area contributed by atoms with Gasteiger partial charge in [0.25, 0.3) is 7.82 Å². The van der Waals surface area contributed by atoms with Gasteiger partial charge in [0.15, 0.2) is 0 Å². The molecule has 0 saturated heterocycles. The summed E-state index contributed by atoms with van der Waals surface area (Å²) in [6.07, 6.45) is 79.8. The van der Waals surface area contributed by atoms with Crippen molar-refractivity contribution in [1.29, 1.82) is 0 Å². The van der Waals surface area contributed by atoms with Crippen LogP contribution in [0.2, 0.25) is 0 Å². The molecular weight excluding hydrogens is 1020 g/mol. The van der Waals surface area contributed by atoms with Gasteiger partial charge in [0.1, 0.15) is 19.3 Å². The van der Waals surface area contributed by atoms with Crippen LogP contribution in [0.15, 0.2) is 85.1 Å². The number of phosphoric ester groups is 1. The van der Waals surface area contributed by atoms with Gasteiger partial charge in [0.05, 0.1) is 33.8 Å². The summed E-state index contributed by atoms with van der Waals surface area (Å²) in [4.78, 5) is 40.1. The van der Waals surface area contributed by atoms with Gasteiger partial charge < -0.3 is 28.5 Å². The molecule has 1 amide bonds. The van der Waals surface area contributed by atoms with Crippen LogP contribution in [0.5, 0.6) is 0 Å². The molecule has 0 aromatic heterocycles. The lowest BCUT2D eigenvalue weighted by atomic mass is 10.0. The first-order valence-corrected chi connectivity index (χ1v) is 35.4. The van der Waals surface area contributed by atoms with Gasteiger partial charge in [0, 0.05) is 12.8 Å². The molecule has 0 spiro atoms. The summed E-state index contributed by atoms with van der Waals surface area (Å²) in [5.41, 5.74) is 0. The van der Waals surface area contributed by atoms with Gasteiger partial charge >= 0.3 is 5.97 Å². The van der Waals surface area contributed by atoms with Crippen molar-refractivity contribution in [3.8, 4) is 0 Å². The number of hydrogen-bond donors (Lipinski definition) is 1. The van der Waals surface area contributed by atoms with E-state index in [0.29, 0.717) is 17.4 Å². The second kappa shape index (κ2) is 60.3. The highest BCUT2D eigenvalue weighted by atomic mass is 31.2. The van der Waals surface area contributed by atoms with Gasteiger partial charge in [-0.2, -0.15) is 0 Å². The van der Waals surface area contributed by atoms with Crippen molar-refractivity contribution < 1.29 is 37.3 Å². The Hall–Kier alpha value is -2.81. The fraction of sp³-hybridized carbons (Fsp3) is 0.775. The molecule has 0 aliphatic heterocycles. The number of nitrogens with zero attached hydrogens (tertiary/aromatic N) is 1. The Labute approximate surface area is 501 Å². The van der Waals surface area contributed by atoms with Crippen molar-refractivity contribution in [1.82, 2.24) is 5.32 Å². The molecule has 3 unspecified atom stereocenters. The van der Waals surface area contributed by atoms with Crippen LogP contribution in [0.3, 0.4) is 0 Å². The molecule has 0 aliphatic carbocycles. The van der Waals surface area contributed by atoms with Gasteiger partial charge in [-0.3, -0.25) is 14.2 Å². The minimum absolute atomic E-state index is 0.0276. The van der Waals surface area contributed by atoms with E-state index in [1.165, 1.54) is 167 Å². The Bertz CT molecular complexity index is 1660. The number of unbranched alkanes of at least 4 members (excludes halogenated alkanes) is 33. The molecule has 0 radical (unpaired) electrons. The molecule has 3 atom stereocenters. The van der Waals surface area contributed by atoms with E-state index in [0.717, 1.165) is 103 Å². The van der Waals surface area contributed by atoms with E-state index in [1.54, 1.807) is 0 Å². The maximum Gasteiger partial charge on any atom is 0.306 e. The number of quaternary nitrogens is 1. The Morgan fingerprint density at radius 1 is 0.444 bits per heavy atom. The standard InChI is InChI=1S/C71H129N2O7P/c1-7-10-13-16-19-22-25-28-30-32-34-35-36-37-39-40-42-45-48-51-54-57-60-63-70(74)72-68(67-79-81(76,77)78-66-65-73(4,5)6)69(62-59-56-53-50-47-44-27-24-21-18-15-12-9-3)80-71(75)64-61-58-55-52-49-46-43-41-38-33-31-29-26-23-20-17-14-11-8-2/h10,13,19,22,28-31,34-35,37,39,59,62,68-69H,7-9,11-12,14-18,20-21,23-27,32-33,36,38,40-58,60-61,63-67H2,1-6H3,(H-,72,74,76,77)/b13-10-,22-19-,30-28-,31-29+,35-34-,39-37-,62-59-. The Balaban J connectivity index is 5.21. The van der Waals surface area contributed by atoms with E-state index in [4.69, 9.17) is 13.8 Å². The first kappa shape index (κ1) is 78.2. The fourth-order valence-corrected chi connectivity index (χ4v) is 10.3. The Morgan fingerprint density at radius 3 is 1.20 bits per heavy atom. The van der Waals surface area contributed by atoms with Crippen molar-refractivity contribution in [2.75, 3.05) is 40.9 Å². The summed E-state index contributed by atoms with van der Waals surface area (Å²) < 4.78 is 30.4. The van der Waals surface area contributed by atoms with Crippen molar-refractivity contribution in [2.24, 2.45) is 0 Å². The molecule has 0 aromatic rings. The van der Waals surface area contributed by atoms with E-state index >= 15 is 0 Å². The molecule has 470 valence electrons. The molecule has 81 heavy (non-hydrogen) atoms. The van der Waals surface area contributed by atoms with Crippen molar-refractivity contribution in [2.45, 2.75) is 315 Å². The minimum Gasteiger partial charge on any atom is -0.756 e. The van der Waals surface area contributed by atoms with Crippen LogP contribution in [0.25, 0.3) is 0 Å². The van der Waals surface area contributed by atoms with Crippen LogP contribution in [0.4, 0.5) is 0 Å². The van der Waals surface area contributed by atoms with Crippen LogP contribution in [0.1, 0.15) is 303 Å². The summed E-state index contributed by atoms with van der Waals surface area (Å²) in [6.45, 7) is 6.74. The molecule has 0 aliphatic rings. The number of esters is 1. The number of phosphoric acid groups is 1. The van der Waals surface area contributed by atoms with Crippen LogP contribution in [-0.2, 0) is 27.9 Å². The Kier molecular flexibility index (Phi) is 58.2. The van der Waals surface area contributed by atoms with Gasteiger partial charge in [-0.1, -0.05) is 273 Å². The number of allylic oxidation sites excluding steroid dienone is 13. The predicted molar refractivity (Wildman–Crippen MR) is 348 cm³/mol. The number of nitrogens with one attached hydrogen (secondary N) is 1. The van der Waals surface area contributed by atoms with Crippen LogP contribution < -0.4 is 10.2 Å². The lowest BCUT2D eigenvalue weighted by molar-refractivity contribution is -0.870. The van der Waals surface area contributed by atoms with Crippen LogP contribution in [-0.4, -0.2) is 69.4 Å². The predicted octanol–water partition coefficient (Wildman–Crippen LogP) is 20.7. The average molecular weight is 1150 g/mol. The molecule has 0 aromatic carbocycles. The normalized spacial score (nSPS) is 14.1. The quantitative estimate of drug-likeness (QED) is 0.0212. The van der Waals surface area contributed by atoms with E-state index in [1.807, 2.05) is 33.3 Å². The summed E-state index contributed by atoms with van der Waals surface area (Å²) in [5.74, 6) is -0.551. The molecule has 0 saturated carbocycles. The lowest BCUT2D eigenvalue weighted by Crippen LogP contribution is -2.47. The van der Waals surface area contributed by atoms with Gasteiger partial charge in [-0.15, -0.1) is 0 Å². The second-order valence-corrected chi connectivity index (χ2v) is 25.4. The number of likely N-dealkylation sites (N-methyl/N-ethyl adjacent to an activating group) is 1. The molecule has 1 N–H and O–H groups in total. The highest BCUT2D eigenvalue weighted by molar-refractivity contribution is 7.45. The molecule has 0 fully saturated rings. The molecular formula is C71H129N2O7P. The highest BCUT2D eigenvalue weighted by Gasteiger charge is 2.27. The topological polar surface area (TPSA) is 114 Å². The molecule has 10 heteroatoms. The summed E-state index contributed by atoms with van der Waals surface area (Å²) in [7, 11) is 1.17. The molecule has 9 nitrogen and oxygen atoms in total. The summed E-state index contributed by atoms with van der Waals surface area (Å²) >= 11 is 0. The van der Waals surface area contributed by atoms with Crippen molar-refractivity contribution in [3.05, 3.63) is 85.1 Å². The third kappa shape index (κ3) is 61.6. The van der Waals surface area contributed by atoms with E-state index in [-0.39, 0.29) is 24.9 Å². The number of carbonyl (C=O) groups excluding carboxylic acids is 2. The van der Waals surface area contributed by atoms with Gasteiger partial charge in [0.2, 0.25) is 5.91 Å². The average Bonchev–Trinajstić information content (AvgIpc) is 3.44. The fourth-order valence-electron chi connectivity index (χ4n) is 9.60. The number of carbonyl (C=O) groups is 2. The second-order valence-electron chi connectivity index (χ2n) is 23.9. The zero-order valence-electron chi connectivity index (χ0n) is 53.7. The molecule has 0 bridgehead atoms. The van der Waals surface area contributed by atoms with Crippen molar-refractivity contribution >= 4 is 19.7 Å². The van der Waals surface area contributed by atoms with Crippen LogP contribution >= 0.6 is 7.82 Å². The SMILES string of the molecule is CC/C=C\C/C=C\C/C=C\C/C=C\C/C=C\CCCCCCCCCC(=O)NC(COP(=O)([O-])OCC[N+](C)(C)C)C(/C=C\CCCCCCCCCCCCC)OC(=O)CCCCCCCCCCC/C=C/CCCCCCCC. The molecule has 0 rings (SSSR count). The first-order chi connectivity index (χ1) is 39.4. The van der Waals surface area contributed by atoms with Crippen LogP contribution in [0, 0.1) is 0 Å². The van der Waals surface area contributed by atoms with Crippen molar-refractivity contribution in [3.63, 3.8) is 0 Å². The van der Waals surface area contributed by atoms with E-state index < -0.39 is 26.6 Å². The third-order valence-corrected chi connectivity index (χ3v) is 15.8. The van der Waals surface area contributed by atoms with Gasteiger partial charge in [-0.25, -0.2) is 0 Å². The number of ether oxygens (including phenoxy) is 1. The highest BCUT2D eigenvalue weighted by Crippen LogP contribution is 2.38. The first-order valence-electron chi connectivity index (χ1n) is 33.9. The minimum atomic E-state index is -4.71. The Morgan fingerprint density at radius 2 is 0.790 bits per heavy atom. The molecule has 0 heterocycles. The largest absolute Gasteiger partial charge is 0.756 e. The monoisotopic (exact) mass is 1150 g/mol.